The Kier molecular flexibility index (Phi) is 5.90. The van der Waals surface area contributed by atoms with Crippen molar-refractivity contribution in [3.63, 3.8) is 0 Å². The highest BCUT2D eigenvalue weighted by atomic mass is 16.5. The normalized spacial score (nSPS) is 10.4. The molecule has 16 heavy (non-hydrogen) atoms. The second kappa shape index (κ2) is 7.25. The third kappa shape index (κ3) is 4.64. The Balaban J connectivity index is 2.23. The lowest BCUT2D eigenvalue weighted by Gasteiger charge is -2.10. The average Bonchev–Trinajstić information content (AvgIpc) is 2.28. The van der Waals surface area contributed by atoms with Crippen LogP contribution in [0.4, 0.5) is 5.69 Å². The van der Waals surface area contributed by atoms with Crippen molar-refractivity contribution in [2.75, 3.05) is 38.8 Å². The fraction of sp³-hybridized carbons (Fsp3) is 0.538. The van der Waals surface area contributed by atoms with Crippen molar-refractivity contribution in [1.82, 2.24) is 0 Å². The van der Waals surface area contributed by atoms with Gasteiger partial charge in [0.15, 0.2) is 0 Å². The minimum atomic E-state index is 0.656. The Labute approximate surface area is 97.8 Å². The minimum Gasteiger partial charge on any atom is -0.383 e. The molecule has 1 rings (SSSR count). The number of aryl methyl sites for hydroxylation is 2. The van der Waals surface area contributed by atoms with Crippen LogP contribution in [0.5, 0.6) is 0 Å². The molecule has 0 amide bonds. The summed E-state index contributed by atoms with van der Waals surface area (Å²) < 4.78 is 10.3. The first-order valence-electron chi connectivity index (χ1n) is 5.62. The number of methoxy groups -OCH3 is 1. The van der Waals surface area contributed by atoms with Gasteiger partial charge in [0.05, 0.1) is 19.8 Å². The lowest BCUT2D eigenvalue weighted by Crippen LogP contribution is -2.12. The van der Waals surface area contributed by atoms with Crippen LogP contribution in [0, 0.1) is 13.8 Å². The maximum Gasteiger partial charge on any atom is 0.0701 e. The number of anilines is 1. The average molecular weight is 223 g/mol. The van der Waals surface area contributed by atoms with E-state index in [2.05, 4.69) is 37.4 Å². The van der Waals surface area contributed by atoms with E-state index in [1.54, 1.807) is 7.11 Å². The second-order valence-electron chi connectivity index (χ2n) is 3.85. The van der Waals surface area contributed by atoms with Crippen molar-refractivity contribution in [3.05, 3.63) is 29.3 Å². The molecule has 0 unspecified atom stereocenters. The van der Waals surface area contributed by atoms with E-state index in [0.717, 1.165) is 6.54 Å². The fourth-order valence-electron chi connectivity index (χ4n) is 1.43. The molecule has 1 N–H and O–H groups in total. The molecule has 0 aliphatic heterocycles. The molecule has 0 radical (unpaired) electrons. The first-order chi connectivity index (χ1) is 7.74. The van der Waals surface area contributed by atoms with Gasteiger partial charge in [0.1, 0.15) is 0 Å². The molecule has 3 heteroatoms. The number of benzene rings is 1. The molecule has 1 aromatic carbocycles. The van der Waals surface area contributed by atoms with E-state index in [-0.39, 0.29) is 0 Å². The Hall–Kier alpha value is -1.06. The lowest BCUT2D eigenvalue weighted by atomic mass is 10.1. The summed E-state index contributed by atoms with van der Waals surface area (Å²) in [6.45, 7) is 7.05. The predicted octanol–water partition coefficient (Wildman–Crippen LogP) is 2.38. The van der Waals surface area contributed by atoms with Gasteiger partial charge < -0.3 is 14.8 Å². The minimum absolute atomic E-state index is 0.656. The van der Waals surface area contributed by atoms with Crippen molar-refractivity contribution in [2.45, 2.75) is 13.8 Å². The van der Waals surface area contributed by atoms with Crippen LogP contribution in [-0.4, -0.2) is 33.5 Å². The first kappa shape index (κ1) is 13.0. The smallest absolute Gasteiger partial charge is 0.0701 e. The Morgan fingerprint density at radius 1 is 1.12 bits per heavy atom. The first-order valence-corrected chi connectivity index (χ1v) is 5.62. The summed E-state index contributed by atoms with van der Waals surface area (Å²) in [5.74, 6) is 0. The van der Waals surface area contributed by atoms with Gasteiger partial charge in [-0.15, -0.1) is 0 Å². The van der Waals surface area contributed by atoms with E-state index in [1.165, 1.54) is 16.8 Å². The molecule has 0 aliphatic carbocycles. The molecule has 0 heterocycles. The van der Waals surface area contributed by atoms with E-state index < -0.39 is 0 Å². The molecule has 0 fully saturated rings. The maximum absolute atomic E-state index is 5.38. The molecular formula is C13H21NO2. The van der Waals surface area contributed by atoms with Gasteiger partial charge in [-0.05, 0) is 31.0 Å². The Morgan fingerprint density at radius 2 is 1.94 bits per heavy atom. The molecule has 0 atom stereocenters. The summed E-state index contributed by atoms with van der Waals surface area (Å²) in [4.78, 5) is 0. The van der Waals surface area contributed by atoms with Crippen LogP contribution < -0.4 is 5.32 Å². The maximum atomic E-state index is 5.38. The van der Waals surface area contributed by atoms with Crippen LogP contribution in [0.2, 0.25) is 0 Å². The van der Waals surface area contributed by atoms with Gasteiger partial charge in [-0.1, -0.05) is 12.1 Å². The van der Waals surface area contributed by atoms with Crippen LogP contribution in [0.15, 0.2) is 18.2 Å². The molecule has 90 valence electrons. The molecule has 0 saturated carbocycles. The van der Waals surface area contributed by atoms with Crippen LogP contribution in [0.25, 0.3) is 0 Å². The molecule has 3 nitrogen and oxygen atoms in total. The van der Waals surface area contributed by atoms with Gasteiger partial charge in [0.25, 0.3) is 0 Å². The molecular weight excluding hydrogens is 202 g/mol. The van der Waals surface area contributed by atoms with E-state index in [4.69, 9.17) is 9.47 Å². The summed E-state index contributed by atoms with van der Waals surface area (Å²) in [6, 6.07) is 6.41. The fourth-order valence-corrected chi connectivity index (χ4v) is 1.43. The highest BCUT2D eigenvalue weighted by Crippen LogP contribution is 2.15. The summed E-state index contributed by atoms with van der Waals surface area (Å²) in [7, 11) is 1.68. The van der Waals surface area contributed by atoms with E-state index in [0.29, 0.717) is 19.8 Å². The topological polar surface area (TPSA) is 30.5 Å². The van der Waals surface area contributed by atoms with E-state index in [1.807, 2.05) is 0 Å². The molecule has 1 aromatic rings. The standard InChI is InChI=1S/C13H21NO2/c1-11-4-5-12(2)13(10-11)14-6-7-16-9-8-15-3/h4-5,10,14H,6-9H2,1-3H3. The van der Waals surface area contributed by atoms with Gasteiger partial charge in [0.2, 0.25) is 0 Å². The molecule has 0 spiro atoms. The highest BCUT2D eigenvalue weighted by Gasteiger charge is 1.97. The zero-order chi connectivity index (χ0) is 11.8. The summed E-state index contributed by atoms with van der Waals surface area (Å²) in [5, 5.41) is 3.36. The summed E-state index contributed by atoms with van der Waals surface area (Å²) >= 11 is 0. The monoisotopic (exact) mass is 223 g/mol. The molecule has 0 aliphatic rings. The number of hydrogen-bond donors (Lipinski definition) is 1. The molecule has 0 bridgehead atoms. The lowest BCUT2D eigenvalue weighted by molar-refractivity contribution is 0.0759. The Bertz CT molecular complexity index is 313. The van der Waals surface area contributed by atoms with E-state index in [9.17, 15) is 0 Å². The van der Waals surface area contributed by atoms with Crippen LogP contribution >= 0.6 is 0 Å². The van der Waals surface area contributed by atoms with Gasteiger partial charge in [0, 0.05) is 19.3 Å². The second-order valence-corrected chi connectivity index (χ2v) is 3.85. The van der Waals surface area contributed by atoms with E-state index >= 15 is 0 Å². The van der Waals surface area contributed by atoms with Crippen molar-refractivity contribution in [2.24, 2.45) is 0 Å². The summed E-state index contributed by atoms with van der Waals surface area (Å²) in [5.41, 5.74) is 3.73. The number of hydrogen-bond acceptors (Lipinski definition) is 3. The van der Waals surface area contributed by atoms with Crippen molar-refractivity contribution < 1.29 is 9.47 Å². The van der Waals surface area contributed by atoms with Crippen molar-refractivity contribution >= 4 is 5.69 Å². The molecule has 0 saturated heterocycles. The third-order valence-electron chi connectivity index (χ3n) is 2.39. The van der Waals surface area contributed by atoms with Crippen LogP contribution in [-0.2, 0) is 9.47 Å². The predicted molar refractivity (Wildman–Crippen MR) is 67.1 cm³/mol. The van der Waals surface area contributed by atoms with Gasteiger partial charge in [-0.2, -0.15) is 0 Å². The molecule has 0 aromatic heterocycles. The van der Waals surface area contributed by atoms with Gasteiger partial charge in [-0.25, -0.2) is 0 Å². The summed E-state index contributed by atoms with van der Waals surface area (Å²) in [6.07, 6.45) is 0. The quantitative estimate of drug-likeness (QED) is 0.720. The van der Waals surface area contributed by atoms with Crippen LogP contribution in [0.3, 0.4) is 0 Å². The number of ether oxygens (including phenoxy) is 2. The van der Waals surface area contributed by atoms with Crippen molar-refractivity contribution in [3.8, 4) is 0 Å². The van der Waals surface area contributed by atoms with Crippen molar-refractivity contribution in [1.29, 1.82) is 0 Å². The van der Waals surface area contributed by atoms with Gasteiger partial charge in [-0.3, -0.25) is 0 Å². The SMILES string of the molecule is COCCOCCNc1cc(C)ccc1C. The number of rotatable bonds is 7. The zero-order valence-electron chi connectivity index (χ0n) is 10.4. The third-order valence-corrected chi connectivity index (χ3v) is 2.39. The Morgan fingerprint density at radius 3 is 2.69 bits per heavy atom. The largest absolute Gasteiger partial charge is 0.383 e. The number of nitrogens with one attached hydrogen (secondary N) is 1. The van der Waals surface area contributed by atoms with Crippen LogP contribution in [0.1, 0.15) is 11.1 Å². The zero-order valence-corrected chi connectivity index (χ0v) is 10.4. The van der Waals surface area contributed by atoms with Gasteiger partial charge >= 0.3 is 0 Å². The highest BCUT2D eigenvalue weighted by molar-refractivity contribution is 5.52.